The average molecular weight is 445 g/mol. The predicted molar refractivity (Wildman–Crippen MR) is 115 cm³/mol. The van der Waals surface area contributed by atoms with Gasteiger partial charge in [-0.05, 0) is 38.5 Å². The van der Waals surface area contributed by atoms with Crippen LogP contribution in [0.4, 0.5) is 4.79 Å². The van der Waals surface area contributed by atoms with Gasteiger partial charge in [0.2, 0.25) is 0 Å². The average Bonchev–Trinajstić information content (AvgIpc) is 2.71. The molecular formula is C22H27N3O7. The standard InChI is InChI=1S/C22H27N3O7/c1-22(2,3)32-20(29)23-16(19(27)28)11-13-5-7-14(8-6-13)25-18(26)15-12-31-10-9-17(15)24(4)21(25)30/h5-8,16H,9-12H2,1-4H3,(H,23,29)(H,27,28)/t16-/m0/s1. The number of nitrogens with zero attached hydrogens (tertiary/aromatic N) is 2. The zero-order chi connectivity index (χ0) is 23.6. The molecule has 10 nitrogen and oxygen atoms in total. The maximum absolute atomic E-state index is 12.9. The molecule has 0 radical (unpaired) electrons. The summed E-state index contributed by atoms with van der Waals surface area (Å²) in [6.07, 6.45) is -0.329. The van der Waals surface area contributed by atoms with E-state index in [-0.39, 0.29) is 13.0 Å². The highest BCUT2D eigenvalue weighted by Crippen LogP contribution is 2.14. The number of fused-ring (bicyclic) bond motifs is 1. The van der Waals surface area contributed by atoms with E-state index in [0.717, 1.165) is 4.57 Å². The summed E-state index contributed by atoms with van der Waals surface area (Å²) < 4.78 is 13.0. The van der Waals surface area contributed by atoms with Gasteiger partial charge in [-0.25, -0.2) is 19.0 Å². The van der Waals surface area contributed by atoms with Gasteiger partial charge >= 0.3 is 17.8 Å². The van der Waals surface area contributed by atoms with Crippen molar-refractivity contribution in [2.24, 2.45) is 7.05 Å². The maximum atomic E-state index is 12.9. The summed E-state index contributed by atoms with van der Waals surface area (Å²) in [7, 11) is 1.62. The van der Waals surface area contributed by atoms with Gasteiger partial charge in [-0.1, -0.05) is 12.1 Å². The van der Waals surface area contributed by atoms with E-state index in [1.807, 2.05) is 0 Å². The van der Waals surface area contributed by atoms with E-state index in [4.69, 9.17) is 9.47 Å². The van der Waals surface area contributed by atoms with Crippen molar-refractivity contribution < 1.29 is 24.2 Å². The third-order valence-electron chi connectivity index (χ3n) is 5.05. The Balaban J connectivity index is 1.84. The molecule has 0 saturated carbocycles. The lowest BCUT2D eigenvalue weighted by Gasteiger charge is -2.22. The number of carboxylic acids is 1. The van der Waals surface area contributed by atoms with E-state index in [1.54, 1.807) is 52.1 Å². The number of rotatable bonds is 5. The van der Waals surface area contributed by atoms with Crippen LogP contribution in [0.5, 0.6) is 0 Å². The molecule has 172 valence electrons. The largest absolute Gasteiger partial charge is 0.480 e. The minimum Gasteiger partial charge on any atom is -0.480 e. The van der Waals surface area contributed by atoms with E-state index in [2.05, 4.69) is 5.32 Å². The Morgan fingerprint density at radius 2 is 1.88 bits per heavy atom. The van der Waals surface area contributed by atoms with Crippen LogP contribution < -0.4 is 16.6 Å². The number of ether oxygens (including phenoxy) is 2. The van der Waals surface area contributed by atoms with Gasteiger partial charge in [-0.15, -0.1) is 0 Å². The molecule has 1 amide bonds. The van der Waals surface area contributed by atoms with Gasteiger partial charge in [0.1, 0.15) is 11.6 Å². The minimum atomic E-state index is -1.21. The molecule has 1 aliphatic heterocycles. The Hall–Kier alpha value is -3.40. The number of benzene rings is 1. The Bertz CT molecular complexity index is 1140. The SMILES string of the molecule is Cn1c2c(c(=O)n(-c3ccc(C[C@H](NC(=O)OC(C)(C)C)C(=O)O)cc3)c1=O)COCC2. The van der Waals surface area contributed by atoms with Crippen molar-refractivity contribution in [1.82, 2.24) is 14.5 Å². The first-order valence-electron chi connectivity index (χ1n) is 10.2. The van der Waals surface area contributed by atoms with Crippen LogP contribution in [-0.4, -0.2) is 44.6 Å². The molecule has 0 unspecified atom stereocenters. The highest BCUT2D eigenvalue weighted by molar-refractivity contribution is 5.80. The number of aromatic nitrogens is 2. The van der Waals surface area contributed by atoms with E-state index in [0.29, 0.717) is 35.5 Å². The predicted octanol–water partition coefficient (Wildman–Crippen LogP) is 1.13. The van der Waals surface area contributed by atoms with E-state index in [1.165, 1.54) is 4.57 Å². The Labute approximate surface area is 184 Å². The number of hydrogen-bond donors (Lipinski definition) is 2. The molecule has 2 N–H and O–H groups in total. The Morgan fingerprint density at radius 1 is 1.22 bits per heavy atom. The summed E-state index contributed by atoms with van der Waals surface area (Å²) >= 11 is 0. The topological polar surface area (TPSA) is 129 Å². The zero-order valence-corrected chi connectivity index (χ0v) is 18.5. The summed E-state index contributed by atoms with van der Waals surface area (Å²) in [5.74, 6) is -1.21. The van der Waals surface area contributed by atoms with Crippen molar-refractivity contribution in [1.29, 1.82) is 0 Å². The van der Waals surface area contributed by atoms with Gasteiger partial charge in [0.25, 0.3) is 5.56 Å². The molecule has 0 spiro atoms. The summed E-state index contributed by atoms with van der Waals surface area (Å²) in [6.45, 7) is 5.65. The van der Waals surface area contributed by atoms with E-state index in [9.17, 15) is 24.3 Å². The molecule has 2 aromatic rings. The smallest absolute Gasteiger partial charge is 0.408 e. The normalized spacial score (nSPS) is 14.4. The zero-order valence-electron chi connectivity index (χ0n) is 18.5. The lowest BCUT2D eigenvalue weighted by Crippen LogP contribution is -2.44. The number of aliphatic carboxylic acids is 1. The number of amides is 1. The Kier molecular flexibility index (Phi) is 6.54. The first-order chi connectivity index (χ1) is 15.0. The third-order valence-corrected chi connectivity index (χ3v) is 5.05. The van der Waals surface area contributed by atoms with E-state index < -0.39 is 35.0 Å². The highest BCUT2D eigenvalue weighted by Gasteiger charge is 2.25. The van der Waals surface area contributed by atoms with Gasteiger partial charge < -0.3 is 19.9 Å². The molecule has 10 heteroatoms. The van der Waals surface area contributed by atoms with Crippen LogP contribution in [0.25, 0.3) is 5.69 Å². The van der Waals surface area contributed by atoms with Gasteiger partial charge in [-0.3, -0.25) is 9.36 Å². The summed E-state index contributed by atoms with van der Waals surface area (Å²) in [4.78, 5) is 49.2. The number of carboxylic acid groups (broad SMARTS) is 1. The first kappa shape index (κ1) is 23.3. The number of nitrogens with one attached hydrogen (secondary N) is 1. The fourth-order valence-corrected chi connectivity index (χ4v) is 3.51. The lowest BCUT2D eigenvalue weighted by atomic mass is 10.1. The molecule has 1 aromatic carbocycles. The molecule has 0 aliphatic carbocycles. The van der Waals surface area contributed by atoms with Gasteiger partial charge in [0, 0.05) is 25.6 Å². The van der Waals surface area contributed by atoms with E-state index >= 15 is 0 Å². The lowest BCUT2D eigenvalue weighted by molar-refractivity contribution is -0.139. The van der Waals surface area contributed by atoms with Crippen molar-refractivity contribution in [3.05, 3.63) is 61.9 Å². The molecule has 1 atom stereocenters. The number of carbonyl (C=O) groups is 2. The fraction of sp³-hybridized carbons (Fsp3) is 0.455. The molecule has 2 heterocycles. The first-order valence-corrected chi connectivity index (χ1v) is 10.2. The van der Waals surface area contributed by atoms with Crippen LogP contribution in [0.2, 0.25) is 0 Å². The third kappa shape index (κ3) is 5.08. The molecular weight excluding hydrogens is 418 g/mol. The molecule has 32 heavy (non-hydrogen) atoms. The monoisotopic (exact) mass is 445 g/mol. The summed E-state index contributed by atoms with van der Waals surface area (Å²) in [6, 6.07) is 5.17. The fourth-order valence-electron chi connectivity index (χ4n) is 3.51. The molecule has 0 fully saturated rings. The molecule has 1 aromatic heterocycles. The molecule has 1 aliphatic rings. The van der Waals surface area contributed by atoms with Gasteiger partial charge in [0.05, 0.1) is 24.5 Å². The number of alkyl carbamates (subject to hydrolysis) is 1. The van der Waals surface area contributed by atoms with Crippen molar-refractivity contribution in [3.8, 4) is 5.69 Å². The highest BCUT2D eigenvalue weighted by atomic mass is 16.6. The second-order valence-electron chi connectivity index (χ2n) is 8.62. The number of hydrogen-bond acceptors (Lipinski definition) is 6. The second kappa shape index (κ2) is 8.99. The van der Waals surface area contributed by atoms with Crippen molar-refractivity contribution in [2.45, 2.75) is 51.9 Å². The van der Waals surface area contributed by atoms with Gasteiger partial charge in [-0.2, -0.15) is 0 Å². The number of carbonyl (C=O) groups excluding carboxylic acids is 1. The summed E-state index contributed by atoms with van der Waals surface area (Å²) in [5, 5.41) is 11.8. The summed E-state index contributed by atoms with van der Waals surface area (Å²) in [5.41, 5.74) is 0.451. The second-order valence-corrected chi connectivity index (χ2v) is 8.62. The van der Waals surface area contributed by atoms with Crippen LogP contribution in [0.3, 0.4) is 0 Å². The van der Waals surface area contributed by atoms with Crippen LogP contribution >= 0.6 is 0 Å². The quantitative estimate of drug-likeness (QED) is 0.706. The van der Waals surface area contributed by atoms with Crippen molar-refractivity contribution in [3.63, 3.8) is 0 Å². The van der Waals surface area contributed by atoms with Crippen LogP contribution in [0, 0.1) is 0 Å². The Morgan fingerprint density at radius 3 is 2.47 bits per heavy atom. The van der Waals surface area contributed by atoms with Crippen LogP contribution in [0.1, 0.15) is 37.6 Å². The molecule has 0 bridgehead atoms. The van der Waals surface area contributed by atoms with Crippen molar-refractivity contribution >= 4 is 12.1 Å². The molecule has 0 saturated heterocycles. The van der Waals surface area contributed by atoms with Gasteiger partial charge in [0.15, 0.2) is 0 Å². The van der Waals surface area contributed by atoms with Crippen LogP contribution in [0.15, 0.2) is 33.9 Å². The van der Waals surface area contributed by atoms with Crippen molar-refractivity contribution in [2.75, 3.05) is 6.61 Å². The maximum Gasteiger partial charge on any atom is 0.408 e. The molecule has 3 rings (SSSR count). The van der Waals surface area contributed by atoms with Crippen LogP contribution in [-0.2, 0) is 40.8 Å². The minimum absolute atomic E-state index is 0.000206.